The average molecular weight is 511 g/mol. The summed E-state index contributed by atoms with van der Waals surface area (Å²) in [7, 11) is -3.82. The van der Waals surface area contributed by atoms with Gasteiger partial charge in [0.1, 0.15) is 5.82 Å². The summed E-state index contributed by atoms with van der Waals surface area (Å²) in [5, 5.41) is 2.97. The third-order valence-electron chi connectivity index (χ3n) is 6.52. The number of benzene rings is 3. The van der Waals surface area contributed by atoms with Gasteiger partial charge < -0.3 is 5.32 Å². The molecule has 6 nitrogen and oxygen atoms in total. The number of nitrogens with zero attached hydrogens (tertiary/aromatic N) is 1. The Balaban J connectivity index is 1.39. The lowest BCUT2D eigenvalue weighted by atomic mass is 9.92. The molecule has 3 aromatic carbocycles. The number of amides is 1. The Hall–Kier alpha value is -3.07. The largest absolute Gasteiger partial charge is 0.350 e. The van der Waals surface area contributed by atoms with E-state index in [1.54, 1.807) is 24.3 Å². The predicted octanol–water partition coefficient (Wildman–Crippen LogP) is 4.55. The summed E-state index contributed by atoms with van der Waals surface area (Å²) in [4.78, 5) is 15.0. The van der Waals surface area contributed by atoms with Crippen molar-refractivity contribution in [1.29, 1.82) is 0 Å². The smallest absolute Gasteiger partial charge is 0.296 e. The van der Waals surface area contributed by atoms with Gasteiger partial charge in [-0.1, -0.05) is 48.0 Å². The normalized spacial score (nSPS) is 18.6. The number of likely N-dealkylation sites (tertiary alicyclic amines) is 1. The average Bonchev–Trinajstić information content (AvgIpc) is 2.88. The maximum atomic E-state index is 13.2. The third kappa shape index (κ3) is 7.00. The maximum absolute atomic E-state index is 13.2. The fourth-order valence-electron chi connectivity index (χ4n) is 4.43. The molecule has 36 heavy (non-hydrogen) atoms. The van der Waals surface area contributed by atoms with Crippen LogP contribution in [-0.4, -0.2) is 45.0 Å². The van der Waals surface area contributed by atoms with E-state index in [1.165, 1.54) is 24.3 Å². The van der Waals surface area contributed by atoms with E-state index in [0.29, 0.717) is 25.2 Å². The van der Waals surface area contributed by atoms with Crippen LogP contribution in [0.2, 0.25) is 0 Å². The zero-order valence-electron chi connectivity index (χ0n) is 20.3. The molecule has 1 saturated heterocycles. The SMILES string of the molecule is Cc1ccc(S(=O)(=O)OC[C@H]2CC[C@@H](CNC(=O)c3ccc(F)cc3)N(Cc3ccccc3)C2)cc1. The summed E-state index contributed by atoms with van der Waals surface area (Å²) in [5.74, 6) is -0.590. The first-order valence-corrected chi connectivity index (χ1v) is 13.5. The number of nitrogens with one attached hydrogen (secondary N) is 1. The van der Waals surface area contributed by atoms with Crippen molar-refractivity contribution >= 4 is 16.0 Å². The molecule has 1 aliphatic rings. The number of piperidine rings is 1. The summed E-state index contributed by atoms with van der Waals surface area (Å²) in [6, 6.07) is 22.2. The summed E-state index contributed by atoms with van der Waals surface area (Å²) in [5.41, 5.74) is 2.53. The van der Waals surface area contributed by atoms with Gasteiger partial charge in [0.25, 0.3) is 16.0 Å². The zero-order valence-corrected chi connectivity index (χ0v) is 21.1. The Morgan fingerprint density at radius 1 is 1.00 bits per heavy atom. The highest BCUT2D eigenvalue weighted by Crippen LogP contribution is 2.25. The number of carbonyl (C=O) groups is 1. The van der Waals surface area contributed by atoms with Crippen molar-refractivity contribution in [3.63, 3.8) is 0 Å². The highest BCUT2D eigenvalue weighted by Gasteiger charge is 2.30. The zero-order chi connectivity index (χ0) is 25.5. The second kappa shape index (κ2) is 11.8. The van der Waals surface area contributed by atoms with E-state index in [0.717, 1.165) is 24.0 Å². The summed E-state index contributed by atoms with van der Waals surface area (Å²) in [6.07, 6.45) is 1.57. The molecular weight excluding hydrogens is 479 g/mol. The van der Waals surface area contributed by atoms with Gasteiger partial charge in [0.05, 0.1) is 11.5 Å². The van der Waals surface area contributed by atoms with Crippen LogP contribution in [0, 0.1) is 18.7 Å². The van der Waals surface area contributed by atoms with Gasteiger partial charge in [-0.25, -0.2) is 4.39 Å². The van der Waals surface area contributed by atoms with Gasteiger partial charge in [-0.3, -0.25) is 13.9 Å². The Bertz CT molecular complexity index is 1250. The molecule has 0 unspecified atom stereocenters. The van der Waals surface area contributed by atoms with Gasteiger partial charge in [-0.2, -0.15) is 8.42 Å². The van der Waals surface area contributed by atoms with Crippen molar-refractivity contribution in [3.05, 3.63) is 101 Å². The predicted molar refractivity (Wildman–Crippen MR) is 136 cm³/mol. The molecule has 0 spiro atoms. The molecule has 8 heteroatoms. The van der Waals surface area contributed by atoms with E-state index < -0.39 is 10.1 Å². The summed E-state index contributed by atoms with van der Waals surface area (Å²) < 4.78 is 43.9. The van der Waals surface area contributed by atoms with Crippen LogP contribution in [0.15, 0.2) is 83.8 Å². The first kappa shape index (κ1) is 26.0. The Kier molecular flexibility index (Phi) is 8.51. The monoisotopic (exact) mass is 510 g/mol. The van der Waals surface area contributed by atoms with Crippen LogP contribution in [0.5, 0.6) is 0 Å². The van der Waals surface area contributed by atoms with Gasteiger partial charge in [-0.15, -0.1) is 0 Å². The minimum Gasteiger partial charge on any atom is -0.350 e. The molecule has 3 aromatic rings. The molecule has 1 amide bonds. The number of hydrogen-bond donors (Lipinski definition) is 1. The minimum absolute atomic E-state index is 0.0398. The van der Waals surface area contributed by atoms with Crippen molar-refractivity contribution in [2.75, 3.05) is 19.7 Å². The molecule has 2 atom stereocenters. The number of hydrogen-bond acceptors (Lipinski definition) is 5. The lowest BCUT2D eigenvalue weighted by Crippen LogP contribution is -2.49. The first-order valence-electron chi connectivity index (χ1n) is 12.1. The molecule has 190 valence electrons. The standard InChI is InChI=1S/C28H31FN2O4S/c1-21-7-15-27(16-8-21)36(33,34)35-20-23-9-14-26(31(19-23)18-22-5-3-2-4-6-22)17-30-28(32)24-10-12-25(29)13-11-24/h2-8,10-13,15-16,23,26H,9,14,17-20H2,1H3,(H,30,32)/t23-,26-/m0/s1. The van der Waals surface area contributed by atoms with Crippen molar-refractivity contribution in [3.8, 4) is 0 Å². The van der Waals surface area contributed by atoms with Crippen molar-refractivity contribution in [1.82, 2.24) is 10.2 Å². The van der Waals surface area contributed by atoms with Crippen LogP contribution in [-0.2, 0) is 20.8 Å². The van der Waals surface area contributed by atoms with E-state index in [-0.39, 0.29) is 35.2 Å². The molecular formula is C28H31FN2O4S. The fourth-order valence-corrected chi connectivity index (χ4v) is 5.41. The number of aryl methyl sites for hydroxylation is 1. The number of rotatable bonds is 9. The second-order valence-corrected chi connectivity index (χ2v) is 10.9. The van der Waals surface area contributed by atoms with E-state index in [2.05, 4.69) is 22.3 Å². The highest BCUT2D eigenvalue weighted by molar-refractivity contribution is 7.86. The highest BCUT2D eigenvalue weighted by atomic mass is 32.2. The molecule has 4 rings (SSSR count). The van der Waals surface area contributed by atoms with Crippen molar-refractivity contribution in [2.24, 2.45) is 5.92 Å². The summed E-state index contributed by atoms with van der Waals surface area (Å²) in [6.45, 7) is 3.78. The van der Waals surface area contributed by atoms with E-state index in [9.17, 15) is 17.6 Å². The molecule has 0 radical (unpaired) electrons. The molecule has 1 aliphatic heterocycles. The van der Waals surface area contributed by atoms with Crippen LogP contribution in [0.4, 0.5) is 4.39 Å². The van der Waals surface area contributed by atoms with Crippen LogP contribution in [0.3, 0.4) is 0 Å². The van der Waals surface area contributed by atoms with Crippen LogP contribution in [0.25, 0.3) is 0 Å². The summed E-state index contributed by atoms with van der Waals surface area (Å²) >= 11 is 0. The molecule has 1 fully saturated rings. The van der Waals surface area contributed by atoms with Crippen LogP contribution >= 0.6 is 0 Å². The topological polar surface area (TPSA) is 75.7 Å². The van der Waals surface area contributed by atoms with Gasteiger partial charge in [0, 0.05) is 31.2 Å². The lowest BCUT2D eigenvalue weighted by molar-refractivity contribution is 0.0711. The van der Waals surface area contributed by atoms with Crippen LogP contribution < -0.4 is 5.32 Å². The quantitative estimate of drug-likeness (QED) is 0.428. The van der Waals surface area contributed by atoms with Crippen molar-refractivity contribution < 1.29 is 21.8 Å². The Morgan fingerprint density at radius 3 is 2.39 bits per heavy atom. The van der Waals surface area contributed by atoms with Crippen molar-refractivity contribution in [2.45, 2.75) is 37.2 Å². The molecule has 0 aliphatic carbocycles. The Labute approximate surface area is 212 Å². The number of carbonyl (C=O) groups excluding carboxylic acids is 1. The maximum Gasteiger partial charge on any atom is 0.296 e. The molecule has 0 saturated carbocycles. The van der Waals surface area contributed by atoms with E-state index in [4.69, 9.17) is 4.18 Å². The fraction of sp³-hybridized carbons (Fsp3) is 0.321. The third-order valence-corrected chi connectivity index (χ3v) is 7.81. The van der Waals surface area contributed by atoms with Gasteiger partial charge in [0.15, 0.2) is 0 Å². The van der Waals surface area contributed by atoms with E-state index in [1.807, 2.05) is 25.1 Å². The molecule has 0 bridgehead atoms. The van der Waals surface area contributed by atoms with Gasteiger partial charge in [0.2, 0.25) is 0 Å². The first-order chi connectivity index (χ1) is 17.3. The van der Waals surface area contributed by atoms with Gasteiger partial charge >= 0.3 is 0 Å². The molecule has 1 N–H and O–H groups in total. The second-order valence-electron chi connectivity index (χ2n) is 9.28. The molecule has 1 heterocycles. The van der Waals surface area contributed by atoms with Crippen LogP contribution in [0.1, 0.15) is 34.3 Å². The minimum atomic E-state index is -3.82. The lowest BCUT2D eigenvalue weighted by Gasteiger charge is -2.39. The molecule has 0 aromatic heterocycles. The van der Waals surface area contributed by atoms with Gasteiger partial charge in [-0.05, 0) is 67.6 Å². The Morgan fingerprint density at radius 2 is 1.69 bits per heavy atom. The van der Waals surface area contributed by atoms with E-state index >= 15 is 0 Å². The number of halogens is 1.